The Morgan fingerprint density at radius 3 is 2.71 bits per heavy atom. The van der Waals surface area contributed by atoms with Gasteiger partial charge in [0.15, 0.2) is 0 Å². The fourth-order valence-corrected chi connectivity index (χ4v) is 1.60. The first kappa shape index (κ1) is 11.0. The van der Waals surface area contributed by atoms with E-state index in [4.69, 9.17) is 5.73 Å². The van der Waals surface area contributed by atoms with E-state index in [1.54, 1.807) is 0 Å². The molecule has 2 N–H and O–H groups in total. The topological polar surface area (TPSA) is 42.2 Å². The van der Waals surface area contributed by atoms with Crippen molar-refractivity contribution in [3.63, 3.8) is 0 Å². The predicted molar refractivity (Wildman–Crippen MR) is 60.3 cm³/mol. The monoisotopic (exact) mass is 193 g/mol. The zero-order chi connectivity index (χ0) is 10.6. The van der Waals surface area contributed by atoms with Gasteiger partial charge in [-0.15, -0.1) is 0 Å². The molecule has 0 aliphatic heterocycles. The van der Waals surface area contributed by atoms with Crippen LogP contribution < -0.4 is 10.6 Å². The third kappa shape index (κ3) is 2.45. The molecule has 14 heavy (non-hydrogen) atoms. The Bertz CT molecular complexity index is 284. The molecule has 0 atom stereocenters. The lowest BCUT2D eigenvalue weighted by Gasteiger charge is -2.27. The van der Waals surface area contributed by atoms with Gasteiger partial charge in [0, 0.05) is 31.0 Å². The Hall–Kier alpha value is -1.09. The molecule has 0 aliphatic carbocycles. The van der Waals surface area contributed by atoms with Crippen LogP contribution in [0.25, 0.3) is 0 Å². The molecule has 0 aliphatic rings. The third-order valence-electron chi connectivity index (χ3n) is 2.30. The summed E-state index contributed by atoms with van der Waals surface area (Å²) in [6.45, 7) is 8.04. The standard InChI is InChI=1S/C11H19N3/c1-4-14(9(2)3)11-5-6-13-10(7-11)8-12/h5-7,9H,4,8,12H2,1-3H3. The molecule has 1 rings (SSSR count). The van der Waals surface area contributed by atoms with E-state index in [1.165, 1.54) is 5.69 Å². The van der Waals surface area contributed by atoms with E-state index in [-0.39, 0.29) is 0 Å². The Balaban J connectivity index is 2.92. The first-order chi connectivity index (χ1) is 6.69. The quantitative estimate of drug-likeness (QED) is 0.792. The van der Waals surface area contributed by atoms with Crippen LogP contribution in [0, 0.1) is 0 Å². The van der Waals surface area contributed by atoms with Crippen molar-refractivity contribution in [3.05, 3.63) is 24.0 Å². The van der Waals surface area contributed by atoms with Gasteiger partial charge in [0.1, 0.15) is 0 Å². The lowest BCUT2D eigenvalue weighted by atomic mass is 10.2. The Labute approximate surface area is 85.9 Å². The van der Waals surface area contributed by atoms with Crippen molar-refractivity contribution in [2.24, 2.45) is 5.73 Å². The van der Waals surface area contributed by atoms with Gasteiger partial charge in [-0.3, -0.25) is 4.98 Å². The summed E-state index contributed by atoms with van der Waals surface area (Å²) in [4.78, 5) is 6.50. The van der Waals surface area contributed by atoms with Crippen molar-refractivity contribution < 1.29 is 0 Å². The van der Waals surface area contributed by atoms with E-state index in [0.717, 1.165) is 12.2 Å². The van der Waals surface area contributed by atoms with Crippen LogP contribution in [0.3, 0.4) is 0 Å². The first-order valence-corrected chi connectivity index (χ1v) is 5.10. The summed E-state index contributed by atoms with van der Waals surface area (Å²) in [6.07, 6.45) is 1.82. The summed E-state index contributed by atoms with van der Waals surface area (Å²) >= 11 is 0. The van der Waals surface area contributed by atoms with E-state index in [1.807, 2.05) is 12.3 Å². The maximum absolute atomic E-state index is 5.56. The zero-order valence-corrected chi connectivity index (χ0v) is 9.20. The van der Waals surface area contributed by atoms with Crippen LogP contribution >= 0.6 is 0 Å². The van der Waals surface area contributed by atoms with Crippen molar-refractivity contribution in [2.75, 3.05) is 11.4 Å². The molecule has 1 aromatic rings. The van der Waals surface area contributed by atoms with Crippen LogP contribution in [0.2, 0.25) is 0 Å². The van der Waals surface area contributed by atoms with E-state index in [2.05, 4.69) is 36.7 Å². The number of nitrogens with two attached hydrogens (primary N) is 1. The molecular formula is C11H19N3. The van der Waals surface area contributed by atoms with Gasteiger partial charge in [0.2, 0.25) is 0 Å². The summed E-state index contributed by atoms with van der Waals surface area (Å²) in [7, 11) is 0. The van der Waals surface area contributed by atoms with Gasteiger partial charge in [0.25, 0.3) is 0 Å². The van der Waals surface area contributed by atoms with Gasteiger partial charge in [-0.25, -0.2) is 0 Å². The maximum Gasteiger partial charge on any atom is 0.0560 e. The smallest absolute Gasteiger partial charge is 0.0560 e. The molecule has 0 saturated heterocycles. The number of aromatic nitrogens is 1. The lowest BCUT2D eigenvalue weighted by Crippen LogP contribution is -2.30. The summed E-state index contributed by atoms with van der Waals surface area (Å²) in [5.41, 5.74) is 7.71. The molecule has 0 saturated carbocycles. The van der Waals surface area contributed by atoms with Crippen LogP contribution in [-0.4, -0.2) is 17.6 Å². The molecular weight excluding hydrogens is 174 g/mol. The van der Waals surface area contributed by atoms with Gasteiger partial charge in [-0.1, -0.05) is 0 Å². The van der Waals surface area contributed by atoms with Gasteiger partial charge in [-0.05, 0) is 32.9 Å². The highest BCUT2D eigenvalue weighted by molar-refractivity contribution is 5.47. The minimum absolute atomic E-state index is 0.503. The van der Waals surface area contributed by atoms with E-state index >= 15 is 0 Å². The molecule has 1 heterocycles. The number of rotatable bonds is 4. The van der Waals surface area contributed by atoms with Crippen LogP contribution in [0.15, 0.2) is 18.3 Å². The highest BCUT2D eigenvalue weighted by Crippen LogP contribution is 2.16. The molecule has 0 spiro atoms. The van der Waals surface area contributed by atoms with Crippen LogP contribution in [0.1, 0.15) is 26.5 Å². The molecule has 0 aromatic carbocycles. The minimum atomic E-state index is 0.503. The van der Waals surface area contributed by atoms with E-state index in [0.29, 0.717) is 12.6 Å². The van der Waals surface area contributed by atoms with Gasteiger partial charge >= 0.3 is 0 Å². The highest BCUT2D eigenvalue weighted by Gasteiger charge is 2.08. The third-order valence-corrected chi connectivity index (χ3v) is 2.30. The van der Waals surface area contributed by atoms with Crippen molar-refractivity contribution in [1.29, 1.82) is 0 Å². The molecule has 0 radical (unpaired) electrons. The Kier molecular flexibility index (Phi) is 3.89. The maximum atomic E-state index is 5.56. The average Bonchev–Trinajstić information content (AvgIpc) is 2.19. The number of pyridine rings is 1. The van der Waals surface area contributed by atoms with Crippen molar-refractivity contribution in [2.45, 2.75) is 33.4 Å². The minimum Gasteiger partial charge on any atom is -0.369 e. The second-order valence-electron chi connectivity index (χ2n) is 3.59. The summed E-state index contributed by atoms with van der Waals surface area (Å²) in [5, 5.41) is 0. The first-order valence-electron chi connectivity index (χ1n) is 5.10. The normalized spacial score (nSPS) is 10.6. The van der Waals surface area contributed by atoms with Gasteiger partial charge in [0.05, 0.1) is 5.69 Å². The molecule has 0 fully saturated rings. The molecule has 0 bridgehead atoms. The predicted octanol–water partition coefficient (Wildman–Crippen LogP) is 1.77. The summed E-state index contributed by atoms with van der Waals surface area (Å²) < 4.78 is 0. The fraction of sp³-hybridized carbons (Fsp3) is 0.545. The highest BCUT2D eigenvalue weighted by atomic mass is 15.1. The summed E-state index contributed by atoms with van der Waals surface area (Å²) in [6, 6.07) is 4.60. The van der Waals surface area contributed by atoms with E-state index in [9.17, 15) is 0 Å². The number of hydrogen-bond donors (Lipinski definition) is 1. The number of nitrogens with zero attached hydrogens (tertiary/aromatic N) is 2. The van der Waals surface area contributed by atoms with Gasteiger partial charge < -0.3 is 10.6 Å². The molecule has 1 aromatic heterocycles. The zero-order valence-electron chi connectivity index (χ0n) is 9.20. The second-order valence-corrected chi connectivity index (χ2v) is 3.59. The molecule has 3 nitrogen and oxygen atoms in total. The lowest BCUT2D eigenvalue weighted by molar-refractivity contribution is 0.702. The summed E-state index contributed by atoms with van der Waals surface area (Å²) in [5.74, 6) is 0. The van der Waals surface area contributed by atoms with Crippen molar-refractivity contribution >= 4 is 5.69 Å². The number of anilines is 1. The van der Waals surface area contributed by atoms with E-state index < -0.39 is 0 Å². The van der Waals surface area contributed by atoms with Crippen molar-refractivity contribution in [3.8, 4) is 0 Å². The van der Waals surface area contributed by atoms with Crippen LogP contribution in [0.4, 0.5) is 5.69 Å². The SMILES string of the molecule is CCN(c1ccnc(CN)c1)C(C)C. The van der Waals surface area contributed by atoms with Crippen LogP contribution in [0.5, 0.6) is 0 Å². The molecule has 78 valence electrons. The second kappa shape index (κ2) is 4.96. The van der Waals surface area contributed by atoms with Crippen LogP contribution in [-0.2, 0) is 6.54 Å². The molecule has 0 unspecified atom stereocenters. The average molecular weight is 193 g/mol. The largest absolute Gasteiger partial charge is 0.369 e. The number of hydrogen-bond acceptors (Lipinski definition) is 3. The van der Waals surface area contributed by atoms with Gasteiger partial charge in [-0.2, -0.15) is 0 Å². The Morgan fingerprint density at radius 1 is 1.50 bits per heavy atom. The fourth-order valence-electron chi connectivity index (χ4n) is 1.60. The Morgan fingerprint density at radius 2 is 2.21 bits per heavy atom. The van der Waals surface area contributed by atoms with Crippen molar-refractivity contribution in [1.82, 2.24) is 4.98 Å². The molecule has 3 heteroatoms. The molecule has 0 amide bonds.